The molecule has 1 aromatic carbocycles. The van der Waals surface area contributed by atoms with Crippen LogP contribution in [0.1, 0.15) is 35.3 Å². The largest absolute Gasteiger partial charge is 0.416 e. The van der Waals surface area contributed by atoms with Crippen LogP contribution in [0.5, 0.6) is 0 Å². The average Bonchev–Trinajstić information content (AvgIpc) is 2.77. The molecule has 9 nitrogen and oxygen atoms in total. The van der Waals surface area contributed by atoms with Gasteiger partial charge in [-0.3, -0.25) is 4.55 Å². The van der Waals surface area contributed by atoms with E-state index in [1.165, 1.54) is 10.4 Å². The zero-order valence-electron chi connectivity index (χ0n) is 18.2. The van der Waals surface area contributed by atoms with Crippen LogP contribution >= 0.6 is 11.6 Å². The molecule has 4 rings (SSSR count). The van der Waals surface area contributed by atoms with Crippen LogP contribution in [0.2, 0.25) is 5.28 Å². The third kappa shape index (κ3) is 5.44. The Balaban J connectivity index is 1.65. The van der Waals surface area contributed by atoms with Crippen molar-refractivity contribution < 1.29 is 21.9 Å². The molecule has 6 N–H and O–H groups in total. The van der Waals surface area contributed by atoms with E-state index in [0.717, 1.165) is 25.2 Å². The Morgan fingerprint density at radius 3 is 2.74 bits per heavy atom. The van der Waals surface area contributed by atoms with Gasteiger partial charge in [0, 0.05) is 55.9 Å². The van der Waals surface area contributed by atoms with Crippen LogP contribution < -0.4 is 21.7 Å². The summed E-state index contributed by atoms with van der Waals surface area (Å²) >= 11 is 3.91. The Morgan fingerprint density at radius 1 is 1.32 bits per heavy atom. The highest BCUT2D eigenvalue weighted by Crippen LogP contribution is 2.35. The Labute approximate surface area is 202 Å². The Bertz CT molecular complexity index is 1080. The molecule has 0 radical (unpaired) electrons. The number of nitrogens with zero attached hydrogens (tertiary/aromatic N) is 3. The molecule has 186 valence electrons. The van der Waals surface area contributed by atoms with E-state index in [0.29, 0.717) is 35.6 Å². The van der Waals surface area contributed by atoms with Crippen LogP contribution in [0.4, 0.5) is 24.7 Å². The molecule has 2 aromatic rings. The number of alkyl halides is 3. The molecule has 2 aliphatic rings. The van der Waals surface area contributed by atoms with E-state index in [4.69, 9.17) is 17.3 Å². The maximum absolute atomic E-state index is 13.2. The zero-order valence-corrected chi connectivity index (χ0v) is 19.8. The lowest BCUT2D eigenvalue weighted by Gasteiger charge is -2.40. The minimum absolute atomic E-state index is 0.0143. The van der Waals surface area contributed by atoms with Gasteiger partial charge in [-0.1, -0.05) is 0 Å². The average molecular weight is 520 g/mol. The van der Waals surface area contributed by atoms with Crippen molar-refractivity contribution in [3.63, 3.8) is 0 Å². The SMILES string of the molecule is C[C@@H](Nc1nc(Cl)nc2c1CN(S(=O)O)C(C1CNCCN1)C2)c1cc(N)cc(C(F)(F)F)c1. The minimum Gasteiger partial charge on any atom is -0.399 e. The molecule has 0 bridgehead atoms. The third-order valence-electron chi connectivity index (χ3n) is 6.05. The van der Waals surface area contributed by atoms with Crippen molar-refractivity contribution in [2.24, 2.45) is 0 Å². The van der Waals surface area contributed by atoms with Crippen molar-refractivity contribution in [1.82, 2.24) is 24.9 Å². The first-order valence-corrected chi connectivity index (χ1v) is 12.1. The van der Waals surface area contributed by atoms with Gasteiger partial charge in [0.05, 0.1) is 17.3 Å². The second-order valence-electron chi connectivity index (χ2n) is 8.36. The van der Waals surface area contributed by atoms with Crippen LogP contribution in [0, 0.1) is 0 Å². The molecule has 0 amide bonds. The van der Waals surface area contributed by atoms with E-state index in [1.54, 1.807) is 6.92 Å². The van der Waals surface area contributed by atoms with E-state index < -0.39 is 29.0 Å². The highest BCUT2D eigenvalue weighted by Gasteiger charge is 2.38. The van der Waals surface area contributed by atoms with Crippen LogP contribution in [-0.2, 0) is 30.4 Å². The van der Waals surface area contributed by atoms with Crippen molar-refractivity contribution >= 4 is 34.4 Å². The van der Waals surface area contributed by atoms with E-state index in [1.807, 2.05) is 0 Å². The van der Waals surface area contributed by atoms with Crippen molar-refractivity contribution in [3.05, 3.63) is 45.9 Å². The molecule has 1 aromatic heterocycles. The van der Waals surface area contributed by atoms with Crippen LogP contribution in [0.3, 0.4) is 0 Å². The van der Waals surface area contributed by atoms with Crippen molar-refractivity contribution in [1.29, 1.82) is 0 Å². The first-order chi connectivity index (χ1) is 16.0. The molecule has 3 heterocycles. The van der Waals surface area contributed by atoms with Gasteiger partial charge in [-0.2, -0.15) is 17.5 Å². The second kappa shape index (κ2) is 9.91. The summed E-state index contributed by atoms with van der Waals surface area (Å²) in [6.45, 7) is 3.91. The summed E-state index contributed by atoms with van der Waals surface area (Å²) in [5, 5.41) is 9.70. The lowest BCUT2D eigenvalue weighted by molar-refractivity contribution is -0.137. The Kier molecular flexibility index (Phi) is 7.31. The molecule has 3 unspecified atom stereocenters. The standard InChI is InChI=1S/C20H25ClF3N7O2S/c1-10(11-4-12(20(22,23)24)6-13(25)5-11)28-18-14-9-31(34(32)33)17(16-8-26-2-3-27-16)7-15(14)29-19(21)30-18/h4-6,10,16-17,26-27H,2-3,7-9,25H2,1H3,(H,32,33)(H,28,29,30)/t10-,16?,17?/m1/s1. The molecule has 14 heteroatoms. The summed E-state index contributed by atoms with van der Waals surface area (Å²) < 4.78 is 63.4. The van der Waals surface area contributed by atoms with Crippen LogP contribution in [0.25, 0.3) is 0 Å². The molecule has 4 atom stereocenters. The van der Waals surface area contributed by atoms with E-state index in [-0.39, 0.29) is 29.6 Å². The molecule has 1 fully saturated rings. The Morgan fingerprint density at radius 2 is 2.09 bits per heavy atom. The topological polar surface area (TPSA) is 128 Å². The van der Waals surface area contributed by atoms with Crippen LogP contribution in [-0.4, -0.2) is 54.8 Å². The number of nitrogens with two attached hydrogens (primary N) is 1. The monoisotopic (exact) mass is 519 g/mol. The fraction of sp³-hybridized carbons (Fsp3) is 0.500. The zero-order chi connectivity index (χ0) is 24.6. The summed E-state index contributed by atoms with van der Waals surface area (Å²) in [4.78, 5) is 8.58. The highest BCUT2D eigenvalue weighted by molar-refractivity contribution is 7.76. The van der Waals surface area contributed by atoms with Gasteiger partial charge in [0.1, 0.15) is 5.82 Å². The molecule has 0 spiro atoms. The summed E-state index contributed by atoms with van der Waals surface area (Å²) in [6, 6.07) is 2.35. The number of benzene rings is 1. The normalized spacial score (nSPS) is 23.2. The van der Waals surface area contributed by atoms with Gasteiger partial charge in [-0.15, -0.1) is 0 Å². The summed E-state index contributed by atoms with van der Waals surface area (Å²) in [7, 11) is 0. The van der Waals surface area contributed by atoms with Gasteiger partial charge < -0.3 is 21.7 Å². The maximum Gasteiger partial charge on any atom is 0.416 e. The number of hydrogen-bond donors (Lipinski definition) is 5. The van der Waals surface area contributed by atoms with Gasteiger partial charge in [0.15, 0.2) is 0 Å². The number of piperazine rings is 1. The third-order valence-corrected chi connectivity index (χ3v) is 7.02. The lowest BCUT2D eigenvalue weighted by Crippen LogP contribution is -2.60. The summed E-state index contributed by atoms with van der Waals surface area (Å²) in [5.74, 6) is 0.294. The van der Waals surface area contributed by atoms with Crippen molar-refractivity contribution in [3.8, 4) is 0 Å². The molecular weight excluding hydrogens is 495 g/mol. The smallest absolute Gasteiger partial charge is 0.399 e. The molecule has 0 aliphatic carbocycles. The molecule has 2 aliphatic heterocycles. The second-order valence-corrected chi connectivity index (χ2v) is 9.63. The lowest BCUT2D eigenvalue weighted by atomic mass is 9.94. The van der Waals surface area contributed by atoms with Crippen molar-refractivity contribution in [2.45, 2.75) is 44.2 Å². The highest BCUT2D eigenvalue weighted by atomic mass is 35.5. The molecule has 0 saturated carbocycles. The minimum atomic E-state index is -4.54. The number of rotatable bonds is 5. The molecule has 34 heavy (non-hydrogen) atoms. The number of fused-ring (bicyclic) bond motifs is 1. The first-order valence-electron chi connectivity index (χ1n) is 10.6. The number of nitrogens with one attached hydrogen (secondary N) is 3. The number of aromatic nitrogens is 2. The van der Waals surface area contributed by atoms with Gasteiger partial charge in [0.25, 0.3) is 0 Å². The van der Waals surface area contributed by atoms with Gasteiger partial charge in [-0.05, 0) is 42.3 Å². The quantitative estimate of drug-likeness (QED) is 0.231. The maximum atomic E-state index is 13.2. The van der Waals surface area contributed by atoms with E-state index in [9.17, 15) is 21.9 Å². The summed E-state index contributed by atoms with van der Waals surface area (Å²) in [6.07, 6.45) is -4.19. The number of halogens is 4. The number of hydrogen-bond acceptors (Lipinski definition) is 7. The van der Waals surface area contributed by atoms with Gasteiger partial charge >= 0.3 is 6.18 Å². The number of nitrogen functional groups attached to an aromatic ring is 1. The number of anilines is 2. The van der Waals surface area contributed by atoms with E-state index >= 15 is 0 Å². The Hall–Kier alpha value is -2.03. The predicted molar refractivity (Wildman–Crippen MR) is 123 cm³/mol. The van der Waals surface area contributed by atoms with E-state index in [2.05, 4.69) is 25.9 Å². The molecule has 1 saturated heterocycles. The summed E-state index contributed by atoms with van der Waals surface area (Å²) in [5.41, 5.74) is 6.34. The van der Waals surface area contributed by atoms with Gasteiger partial charge in [0.2, 0.25) is 16.6 Å². The fourth-order valence-electron chi connectivity index (χ4n) is 4.37. The predicted octanol–water partition coefficient (Wildman–Crippen LogP) is 2.33. The molecular formula is C20H25ClF3N7O2S. The van der Waals surface area contributed by atoms with Crippen LogP contribution in [0.15, 0.2) is 18.2 Å². The van der Waals surface area contributed by atoms with Gasteiger partial charge in [-0.25, -0.2) is 14.2 Å². The van der Waals surface area contributed by atoms with Crippen molar-refractivity contribution in [2.75, 3.05) is 30.7 Å². The first kappa shape index (κ1) is 25.1. The fourth-order valence-corrected chi connectivity index (χ4v) is 5.25.